The van der Waals surface area contributed by atoms with Crippen LogP contribution in [0.1, 0.15) is 0 Å². The van der Waals surface area contributed by atoms with Crippen LogP contribution in [0.4, 0.5) is 0 Å². The molecule has 0 spiro atoms. The zero-order valence-electron chi connectivity index (χ0n) is 14.0. The van der Waals surface area contributed by atoms with Crippen LogP contribution in [0.15, 0.2) is 72.8 Å². The Labute approximate surface area is 162 Å². The number of fused-ring (bicyclic) bond motifs is 1. The van der Waals surface area contributed by atoms with Crippen LogP contribution in [-0.4, -0.2) is 12.1 Å². The smallest absolute Gasteiger partial charge is 0.118 e. The van der Waals surface area contributed by atoms with Crippen LogP contribution < -0.4 is 4.74 Å². The van der Waals surface area contributed by atoms with Crippen molar-refractivity contribution >= 4 is 34.1 Å². The summed E-state index contributed by atoms with van der Waals surface area (Å²) in [5, 5.41) is 2.34. The molecule has 0 saturated heterocycles. The second kappa shape index (κ2) is 6.99. The fourth-order valence-electron chi connectivity index (χ4n) is 3.01. The average molecular weight is 380 g/mol. The SMILES string of the molecule is COc1ccc(-c2cc(-c3ccccc3Cl)c3cc(Cl)ccc3n2)cc1. The molecule has 0 fully saturated rings. The Hall–Kier alpha value is -2.55. The lowest BCUT2D eigenvalue weighted by molar-refractivity contribution is 0.415. The van der Waals surface area contributed by atoms with E-state index in [0.717, 1.165) is 39.0 Å². The van der Waals surface area contributed by atoms with E-state index in [1.54, 1.807) is 7.11 Å². The van der Waals surface area contributed by atoms with Crippen molar-refractivity contribution < 1.29 is 4.74 Å². The number of hydrogen-bond acceptors (Lipinski definition) is 2. The number of methoxy groups -OCH3 is 1. The summed E-state index contributed by atoms with van der Waals surface area (Å²) in [5.74, 6) is 0.813. The van der Waals surface area contributed by atoms with Gasteiger partial charge in [0.25, 0.3) is 0 Å². The fraction of sp³-hybridized carbons (Fsp3) is 0.0455. The highest BCUT2D eigenvalue weighted by Crippen LogP contribution is 2.36. The minimum absolute atomic E-state index is 0.671. The minimum atomic E-state index is 0.671. The predicted octanol–water partition coefficient (Wildman–Crippen LogP) is 6.88. The number of benzene rings is 3. The molecule has 0 aliphatic rings. The van der Waals surface area contributed by atoms with Gasteiger partial charge in [0, 0.05) is 26.6 Å². The molecule has 26 heavy (non-hydrogen) atoms. The van der Waals surface area contributed by atoms with E-state index in [0.29, 0.717) is 10.0 Å². The normalized spacial score (nSPS) is 10.9. The maximum atomic E-state index is 6.47. The van der Waals surface area contributed by atoms with Gasteiger partial charge in [-0.3, -0.25) is 0 Å². The van der Waals surface area contributed by atoms with E-state index >= 15 is 0 Å². The highest BCUT2D eigenvalue weighted by Gasteiger charge is 2.12. The van der Waals surface area contributed by atoms with Crippen molar-refractivity contribution in [2.24, 2.45) is 0 Å². The lowest BCUT2D eigenvalue weighted by Gasteiger charge is -2.12. The highest BCUT2D eigenvalue weighted by atomic mass is 35.5. The van der Waals surface area contributed by atoms with Crippen molar-refractivity contribution in [3.05, 3.63) is 82.8 Å². The van der Waals surface area contributed by atoms with Crippen molar-refractivity contribution in [1.29, 1.82) is 0 Å². The van der Waals surface area contributed by atoms with Gasteiger partial charge in [-0.15, -0.1) is 0 Å². The van der Waals surface area contributed by atoms with Gasteiger partial charge in [-0.2, -0.15) is 0 Å². The predicted molar refractivity (Wildman–Crippen MR) is 109 cm³/mol. The number of hydrogen-bond donors (Lipinski definition) is 0. The van der Waals surface area contributed by atoms with E-state index in [1.165, 1.54) is 0 Å². The second-order valence-electron chi connectivity index (χ2n) is 5.92. The maximum Gasteiger partial charge on any atom is 0.118 e. The minimum Gasteiger partial charge on any atom is -0.497 e. The van der Waals surface area contributed by atoms with E-state index in [9.17, 15) is 0 Å². The van der Waals surface area contributed by atoms with E-state index in [-0.39, 0.29) is 0 Å². The van der Waals surface area contributed by atoms with Gasteiger partial charge in [0.2, 0.25) is 0 Å². The molecule has 0 radical (unpaired) electrons. The van der Waals surface area contributed by atoms with Gasteiger partial charge in [-0.1, -0.05) is 41.4 Å². The molecule has 0 bridgehead atoms. The Kier molecular flexibility index (Phi) is 4.54. The number of halogens is 2. The summed E-state index contributed by atoms with van der Waals surface area (Å²) in [6.07, 6.45) is 0. The van der Waals surface area contributed by atoms with Gasteiger partial charge < -0.3 is 4.74 Å². The van der Waals surface area contributed by atoms with Crippen LogP contribution in [0.2, 0.25) is 10.0 Å². The van der Waals surface area contributed by atoms with E-state index < -0.39 is 0 Å². The summed E-state index contributed by atoms with van der Waals surface area (Å²) in [7, 11) is 1.66. The maximum absolute atomic E-state index is 6.47. The van der Waals surface area contributed by atoms with Crippen molar-refractivity contribution in [3.63, 3.8) is 0 Å². The molecule has 3 aromatic carbocycles. The number of rotatable bonds is 3. The second-order valence-corrected chi connectivity index (χ2v) is 6.77. The number of pyridine rings is 1. The average Bonchev–Trinajstić information content (AvgIpc) is 2.68. The van der Waals surface area contributed by atoms with E-state index in [1.807, 2.05) is 66.7 Å². The van der Waals surface area contributed by atoms with Gasteiger partial charge in [0.05, 0.1) is 18.3 Å². The van der Waals surface area contributed by atoms with Gasteiger partial charge in [-0.05, 0) is 60.2 Å². The molecule has 0 aliphatic carbocycles. The molecule has 0 amide bonds. The number of nitrogens with zero attached hydrogens (tertiary/aromatic N) is 1. The molecule has 4 rings (SSSR count). The zero-order chi connectivity index (χ0) is 18.1. The van der Waals surface area contributed by atoms with Crippen molar-refractivity contribution in [2.45, 2.75) is 0 Å². The summed E-state index contributed by atoms with van der Waals surface area (Å²) < 4.78 is 5.24. The standard InChI is InChI=1S/C22H15Cl2NO/c1-26-16-9-6-14(7-10-16)22-13-18(17-4-2-3-5-20(17)24)19-12-15(23)8-11-21(19)25-22/h2-13H,1H3. The molecule has 0 atom stereocenters. The molecule has 0 saturated carbocycles. The molecule has 1 heterocycles. The monoisotopic (exact) mass is 379 g/mol. The lowest BCUT2D eigenvalue weighted by atomic mass is 9.98. The third kappa shape index (κ3) is 3.14. The number of aromatic nitrogens is 1. The van der Waals surface area contributed by atoms with Crippen LogP contribution in [0.5, 0.6) is 5.75 Å². The van der Waals surface area contributed by atoms with Crippen molar-refractivity contribution in [2.75, 3.05) is 7.11 Å². The Balaban J connectivity index is 1.98. The van der Waals surface area contributed by atoms with E-state index in [2.05, 4.69) is 6.07 Å². The topological polar surface area (TPSA) is 22.1 Å². The molecule has 0 N–H and O–H groups in total. The summed E-state index contributed by atoms with van der Waals surface area (Å²) in [5.41, 5.74) is 4.72. The molecule has 128 valence electrons. The Bertz CT molecular complexity index is 1090. The van der Waals surface area contributed by atoms with Crippen LogP contribution in [-0.2, 0) is 0 Å². The van der Waals surface area contributed by atoms with Crippen molar-refractivity contribution in [3.8, 4) is 28.1 Å². The Morgan fingerprint density at radius 2 is 1.58 bits per heavy atom. The zero-order valence-corrected chi connectivity index (χ0v) is 15.6. The number of ether oxygens (including phenoxy) is 1. The van der Waals surface area contributed by atoms with Gasteiger partial charge in [0.15, 0.2) is 0 Å². The molecule has 4 heteroatoms. The first-order valence-electron chi connectivity index (χ1n) is 8.15. The van der Waals surface area contributed by atoms with Crippen LogP contribution in [0, 0.1) is 0 Å². The summed E-state index contributed by atoms with van der Waals surface area (Å²) in [4.78, 5) is 4.82. The Morgan fingerprint density at radius 3 is 2.31 bits per heavy atom. The van der Waals surface area contributed by atoms with Gasteiger partial charge in [-0.25, -0.2) is 4.98 Å². The molecular formula is C22H15Cl2NO. The fourth-order valence-corrected chi connectivity index (χ4v) is 3.42. The largest absolute Gasteiger partial charge is 0.497 e. The van der Waals surface area contributed by atoms with E-state index in [4.69, 9.17) is 32.9 Å². The first-order valence-corrected chi connectivity index (χ1v) is 8.91. The summed E-state index contributed by atoms with van der Waals surface area (Å²) in [6.45, 7) is 0. The summed E-state index contributed by atoms with van der Waals surface area (Å²) in [6, 6.07) is 23.4. The lowest BCUT2D eigenvalue weighted by Crippen LogP contribution is -1.91. The quantitative estimate of drug-likeness (QED) is 0.386. The van der Waals surface area contributed by atoms with Crippen molar-refractivity contribution in [1.82, 2.24) is 4.98 Å². The third-order valence-electron chi connectivity index (χ3n) is 4.32. The highest BCUT2D eigenvalue weighted by molar-refractivity contribution is 6.34. The first kappa shape index (κ1) is 16.9. The molecule has 0 unspecified atom stereocenters. The Morgan fingerprint density at radius 1 is 0.808 bits per heavy atom. The van der Waals surface area contributed by atoms with Crippen LogP contribution in [0.25, 0.3) is 33.3 Å². The van der Waals surface area contributed by atoms with Gasteiger partial charge in [0.1, 0.15) is 5.75 Å². The van der Waals surface area contributed by atoms with Crippen LogP contribution in [0.3, 0.4) is 0 Å². The molecule has 2 nitrogen and oxygen atoms in total. The first-order chi connectivity index (χ1) is 12.7. The molecular weight excluding hydrogens is 365 g/mol. The summed E-state index contributed by atoms with van der Waals surface area (Å²) >= 11 is 12.7. The van der Waals surface area contributed by atoms with Gasteiger partial charge >= 0.3 is 0 Å². The molecule has 1 aromatic heterocycles. The third-order valence-corrected chi connectivity index (χ3v) is 4.89. The molecule has 4 aromatic rings. The molecule has 0 aliphatic heterocycles. The van der Waals surface area contributed by atoms with Crippen LogP contribution >= 0.6 is 23.2 Å².